The summed E-state index contributed by atoms with van der Waals surface area (Å²) in [5.41, 5.74) is 8.32. The van der Waals surface area contributed by atoms with E-state index in [9.17, 15) is 4.79 Å². The summed E-state index contributed by atoms with van der Waals surface area (Å²) in [5, 5.41) is 3.20. The molecule has 0 fully saturated rings. The molecule has 0 bridgehead atoms. The standard InChI is InChI=1S/C14H12BrClN2O/c1-8-6-9(15)7-12(17)13(8)18-14(19)10-4-2-3-5-11(10)16/h2-7H,17H2,1H3,(H,18,19). The van der Waals surface area contributed by atoms with Crippen LogP contribution in [0.15, 0.2) is 40.9 Å². The van der Waals surface area contributed by atoms with Gasteiger partial charge in [-0.15, -0.1) is 0 Å². The highest BCUT2D eigenvalue weighted by Crippen LogP contribution is 2.28. The van der Waals surface area contributed by atoms with Crippen molar-refractivity contribution >= 4 is 44.8 Å². The molecule has 2 aromatic carbocycles. The van der Waals surface area contributed by atoms with E-state index in [0.29, 0.717) is 22.0 Å². The Labute approximate surface area is 124 Å². The number of hydrogen-bond donors (Lipinski definition) is 2. The number of anilines is 2. The molecular formula is C14H12BrClN2O. The van der Waals surface area contributed by atoms with Crippen LogP contribution in [0.3, 0.4) is 0 Å². The van der Waals surface area contributed by atoms with E-state index in [1.165, 1.54) is 0 Å². The Balaban J connectivity index is 2.32. The third-order valence-corrected chi connectivity index (χ3v) is 3.48. The molecule has 0 aromatic heterocycles. The molecule has 0 spiro atoms. The Morgan fingerprint density at radius 3 is 2.63 bits per heavy atom. The van der Waals surface area contributed by atoms with Crippen LogP contribution in [0.25, 0.3) is 0 Å². The molecule has 0 aliphatic carbocycles. The maximum Gasteiger partial charge on any atom is 0.257 e. The highest BCUT2D eigenvalue weighted by Gasteiger charge is 2.13. The number of carbonyl (C=O) groups excluding carboxylic acids is 1. The van der Waals surface area contributed by atoms with Gasteiger partial charge in [0.1, 0.15) is 0 Å². The van der Waals surface area contributed by atoms with Gasteiger partial charge in [-0.3, -0.25) is 4.79 Å². The number of nitrogen functional groups attached to an aromatic ring is 1. The van der Waals surface area contributed by atoms with Crippen LogP contribution in [0.4, 0.5) is 11.4 Å². The van der Waals surface area contributed by atoms with Gasteiger partial charge in [-0.2, -0.15) is 0 Å². The van der Waals surface area contributed by atoms with E-state index >= 15 is 0 Å². The van der Waals surface area contributed by atoms with Crippen molar-refractivity contribution in [3.63, 3.8) is 0 Å². The predicted octanol–water partition coefficient (Wildman–Crippen LogP) is 4.25. The molecule has 19 heavy (non-hydrogen) atoms. The monoisotopic (exact) mass is 338 g/mol. The summed E-state index contributed by atoms with van der Waals surface area (Å²) < 4.78 is 0.873. The number of halogens is 2. The zero-order valence-electron chi connectivity index (χ0n) is 10.2. The van der Waals surface area contributed by atoms with Gasteiger partial charge in [0.15, 0.2) is 0 Å². The number of amides is 1. The van der Waals surface area contributed by atoms with E-state index in [-0.39, 0.29) is 5.91 Å². The fourth-order valence-corrected chi connectivity index (χ4v) is 2.58. The second kappa shape index (κ2) is 5.63. The van der Waals surface area contributed by atoms with Gasteiger partial charge in [-0.25, -0.2) is 0 Å². The first kappa shape index (κ1) is 13.9. The number of benzene rings is 2. The predicted molar refractivity (Wildman–Crippen MR) is 82.7 cm³/mol. The fourth-order valence-electron chi connectivity index (χ4n) is 1.77. The van der Waals surface area contributed by atoms with Gasteiger partial charge in [0.2, 0.25) is 0 Å². The minimum absolute atomic E-state index is 0.275. The minimum Gasteiger partial charge on any atom is -0.397 e. The molecule has 0 unspecified atom stereocenters. The summed E-state index contributed by atoms with van der Waals surface area (Å²) in [6.07, 6.45) is 0. The van der Waals surface area contributed by atoms with Crippen LogP contribution in [0.1, 0.15) is 15.9 Å². The molecular weight excluding hydrogens is 328 g/mol. The van der Waals surface area contributed by atoms with Crippen molar-refractivity contribution in [3.8, 4) is 0 Å². The average molecular weight is 340 g/mol. The van der Waals surface area contributed by atoms with Crippen LogP contribution in [0.2, 0.25) is 5.02 Å². The molecule has 0 saturated heterocycles. The maximum atomic E-state index is 12.2. The maximum absolute atomic E-state index is 12.2. The third kappa shape index (κ3) is 3.08. The first-order valence-corrected chi connectivity index (χ1v) is 6.77. The molecule has 3 nitrogen and oxygen atoms in total. The molecule has 0 aliphatic rings. The van der Waals surface area contributed by atoms with Crippen molar-refractivity contribution in [1.29, 1.82) is 0 Å². The van der Waals surface area contributed by atoms with Crippen LogP contribution < -0.4 is 11.1 Å². The number of aryl methyl sites for hydroxylation is 1. The van der Waals surface area contributed by atoms with E-state index in [2.05, 4.69) is 21.2 Å². The normalized spacial score (nSPS) is 10.3. The molecule has 2 aromatic rings. The van der Waals surface area contributed by atoms with E-state index in [1.54, 1.807) is 30.3 Å². The second-order valence-corrected chi connectivity index (χ2v) is 5.44. The molecule has 2 rings (SSSR count). The molecule has 0 atom stereocenters. The molecule has 1 amide bonds. The van der Waals surface area contributed by atoms with E-state index < -0.39 is 0 Å². The number of rotatable bonds is 2. The molecule has 0 heterocycles. The Bertz CT molecular complexity index is 620. The van der Waals surface area contributed by atoms with Crippen molar-refractivity contribution in [2.45, 2.75) is 6.92 Å². The summed E-state index contributed by atoms with van der Waals surface area (Å²) in [6.45, 7) is 1.88. The Morgan fingerprint density at radius 1 is 1.32 bits per heavy atom. The smallest absolute Gasteiger partial charge is 0.257 e. The van der Waals surface area contributed by atoms with E-state index in [1.807, 2.05) is 13.0 Å². The molecule has 98 valence electrons. The summed E-state index contributed by atoms with van der Waals surface area (Å²) in [4.78, 5) is 12.2. The number of nitrogens with one attached hydrogen (secondary N) is 1. The van der Waals surface area contributed by atoms with E-state index in [0.717, 1.165) is 10.0 Å². The number of hydrogen-bond acceptors (Lipinski definition) is 2. The molecule has 0 radical (unpaired) electrons. The van der Waals surface area contributed by atoms with Crippen molar-refractivity contribution in [2.75, 3.05) is 11.1 Å². The van der Waals surface area contributed by atoms with Crippen LogP contribution in [-0.2, 0) is 0 Å². The Morgan fingerprint density at radius 2 is 2.00 bits per heavy atom. The molecule has 5 heteroatoms. The van der Waals surface area contributed by atoms with Crippen LogP contribution in [0, 0.1) is 6.92 Å². The summed E-state index contributed by atoms with van der Waals surface area (Å²) in [6, 6.07) is 10.5. The third-order valence-electron chi connectivity index (χ3n) is 2.69. The van der Waals surface area contributed by atoms with Gasteiger partial charge < -0.3 is 11.1 Å². The molecule has 0 saturated carbocycles. The van der Waals surface area contributed by atoms with Gasteiger partial charge in [0.05, 0.1) is 22.0 Å². The van der Waals surface area contributed by atoms with Gasteiger partial charge in [0.25, 0.3) is 5.91 Å². The largest absolute Gasteiger partial charge is 0.397 e. The zero-order chi connectivity index (χ0) is 14.0. The van der Waals surface area contributed by atoms with Crippen molar-refractivity contribution < 1.29 is 4.79 Å². The quantitative estimate of drug-likeness (QED) is 0.804. The van der Waals surface area contributed by atoms with Crippen LogP contribution in [-0.4, -0.2) is 5.91 Å². The lowest BCUT2D eigenvalue weighted by Crippen LogP contribution is -2.14. The van der Waals surface area contributed by atoms with Crippen molar-refractivity contribution in [3.05, 3.63) is 57.0 Å². The summed E-state index contributed by atoms with van der Waals surface area (Å²) in [7, 11) is 0. The highest BCUT2D eigenvalue weighted by molar-refractivity contribution is 9.10. The fraction of sp³-hybridized carbons (Fsp3) is 0.0714. The summed E-state index contributed by atoms with van der Waals surface area (Å²) in [5.74, 6) is -0.275. The lowest BCUT2D eigenvalue weighted by Gasteiger charge is -2.12. The SMILES string of the molecule is Cc1cc(Br)cc(N)c1NC(=O)c1ccccc1Cl. The lowest BCUT2D eigenvalue weighted by atomic mass is 10.1. The van der Waals surface area contributed by atoms with Gasteiger partial charge >= 0.3 is 0 Å². The van der Waals surface area contributed by atoms with Crippen LogP contribution in [0.5, 0.6) is 0 Å². The molecule has 3 N–H and O–H groups in total. The van der Waals surface area contributed by atoms with Gasteiger partial charge in [-0.1, -0.05) is 39.7 Å². The van der Waals surface area contributed by atoms with Gasteiger partial charge in [-0.05, 0) is 36.8 Å². The Kier molecular flexibility index (Phi) is 4.12. The van der Waals surface area contributed by atoms with E-state index in [4.69, 9.17) is 17.3 Å². The first-order valence-electron chi connectivity index (χ1n) is 5.60. The second-order valence-electron chi connectivity index (χ2n) is 4.12. The highest BCUT2D eigenvalue weighted by atomic mass is 79.9. The van der Waals surface area contributed by atoms with Crippen LogP contribution >= 0.6 is 27.5 Å². The lowest BCUT2D eigenvalue weighted by molar-refractivity contribution is 0.102. The topological polar surface area (TPSA) is 55.1 Å². The Hall–Kier alpha value is -1.52. The average Bonchev–Trinajstić information content (AvgIpc) is 2.34. The first-order chi connectivity index (χ1) is 8.99. The number of nitrogens with two attached hydrogens (primary N) is 1. The molecule has 0 aliphatic heterocycles. The zero-order valence-corrected chi connectivity index (χ0v) is 12.5. The van der Waals surface area contributed by atoms with Crippen molar-refractivity contribution in [1.82, 2.24) is 0 Å². The van der Waals surface area contributed by atoms with Gasteiger partial charge in [0, 0.05) is 4.47 Å². The summed E-state index contributed by atoms with van der Waals surface area (Å²) >= 11 is 9.35. The minimum atomic E-state index is -0.275. The van der Waals surface area contributed by atoms with Crippen molar-refractivity contribution in [2.24, 2.45) is 0 Å². The number of carbonyl (C=O) groups is 1.